The van der Waals surface area contributed by atoms with Crippen molar-refractivity contribution in [3.63, 3.8) is 0 Å². The fraction of sp³-hybridized carbons (Fsp3) is 0.364. The summed E-state index contributed by atoms with van der Waals surface area (Å²) in [6.07, 6.45) is 0.946. The average Bonchev–Trinajstić information content (AvgIpc) is 2.10. The predicted molar refractivity (Wildman–Crippen MR) is 57.8 cm³/mol. The van der Waals surface area contributed by atoms with Gasteiger partial charge in [-0.3, -0.25) is 4.79 Å². The van der Waals surface area contributed by atoms with Crippen molar-refractivity contribution in [1.82, 2.24) is 0 Å². The Morgan fingerprint density at radius 2 is 2.21 bits per heavy atom. The van der Waals surface area contributed by atoms with E-state index in [0.29, 0.717) is 5.75 Å². The molecule has 0 aromatic heterocycles. The number of hydrogen-bond donors (Lipinski definition) is 0. The third kappa shape index (κ3) is 2.91. The summed E-state index contributed by atoms with van der Waals surface area (Å²) in [4.78, 5) is 10.7. The largest absolute Gasteiger partial charge is 0.426 e. The molecular weight excluding hydrogens is 175 g/mol. The molecule has 73 valence electrons. The monoisotopic (exact) mass is 189 g/mol. The van der Waals surface area contributed by atoms with Crippen molar-refractivity contribution in [2.24, 2.45) is 0 Å². The van der Waals surface area contributed by atoms with Gasteiger partial charge in [0.05, 0.1) is 0 Å². The molecule has 2 nitrogen and oxygen atoms in total. The van der Waals surface area contributed by atoms with Crippen molar-refractivity contribution in [3.8, 4) is 5.75 Å². The molecule has 1 radical (unpaired) electrons. The molecule has 14 heavy (non-hydrogen) atoms. The Kier molecular flexibility index (Phi) is 3.75. The highest BCUT2D eigenvalue weighted by atomic mass is 16.5. The normalized spacial score (nSPS) is 9.64. The Hall–Kier alpha value is -1.25. The van der Waals surface area contributed by atoms with Crippen LogP contribution in [0, 0.1) is 6.92 Å². The van der Waals surface area contributed by atoms with Gasteiger partial charge >= 0.3 is 5.97 Å². The predicted octanol–water partition coefficient (Wildman–Crippen LogP) is 2.17. The Bertz CT molecular complexity index is 334. The zero-order valence-electron chi connectivity index (χ0n) is 8.83. The number of benzene rings is 1. The molecule has 0 aliphatic heterocycles. The quantitative estimate of drug-likeness (QED) is 0.413. The van der Waals surface area contributed by atoms with Gasteiger partial charge < -0.3 is 4.74 Å². The van der Waals surface area contributed by atoms with Gasteiger partial charge in [0.2, 0.25) is 0 Å². The Morgan fingerprint density at radius 3 is 2.71 bits per heavy atom. The zero-order valence-corrected chi connectivity index (χ0v) is 8.83. The molecule has 1 aromatic carbocycles. The van der Waals surface area contributed by atoms with Gasteiger partial charge in [-0.25, -0.2) is 0 Å². The van der Waals surface area contributed by atoms with E-state index in [1.165, 1.54) is 12.5 Å². The maximum absolute atomic E-state index is 10.7. The lowest BCUT2D eigenvalue weighted by atomic mass is 9.75. The highest BCUT2D eigenvalue weighted by Crippen LogP contribution is 2.19. The van der Waals surface area contributed by atoms with Crippen LogP contribution in [0.1, 0.15) is 18.1 Å². The zero-order chi connectivity index (χ0) is 10.6. The second kappa shape index (κ2) is 4.84. The lowest BCUT2D eigenvalue weighted by molar-refractivity contribution is -0.131. The van der Waals surface area contributed by atoms with Crippen LogP contribution in [-0.4, -0.2) is 13.2 Å². The van der Waals surface area contributed by atoms with E-state index in [9.17, 15) is 4.79 Å². The Morgan fingerprint density at radius 1 is 1.50 bits per heavy atom. The minimum absolute atomic E-state index is 0.275. The molecule has 0 aliphatic carbocycles. The molecule has 3 heteroatoms. The SMILES string of the molecule is C[B]Cc1ccc(OC(C)=O)c(C)c1. The van der Waals surface area contributed by atoms with Crippen molar-refractivity contribution in [3.05, 3.63) is 29.3 Å². The van der Waals surface area contributed by atoms with Crippen LogP contribution in [0.15, 0.2) is 18.2 Å². The minimum Gasteiger partial charge on any atom is -0.426 e. The van der Waals surface area contributed by atoms with Crippen molar-refractivity contribution in [2.75, 3.05) is 0 Å². The molecule has 0 aliphatic rings. The van der Waals surface area contributed by atoms with Crippen molar-refractivity contribution in [1.29, 1.82) is 0 Å². The molecule has 0 unspecified atom stereocenters. The van der Waals surface area contributed by atoms with E-state index in [2.05, 4.69) is 7.28 Å². The molecule has 1 aromatic rings. The number of hydrogen-bond acceptors (Lipinski definition) is 2. The van der Waals surface area contributed by atoms with E-state index in [0.717, 1.165) is 11.9 Å². The van der Waals surface area contributed by atoms with E-state index in [4.69, 9.17) is 4.74 Å². The van der Waals surface area contributed by atoms with Gasteiger partial charge in [-0.2, -0.15) is 0 Å². The third-order valence-electron chi connectivity index (χ3n) is 1.93. The maximum Gasteiger partial charge on any atom is 0.308 e. The van der Waals surface area contributed by atoms with Crippen LogP contribution in [-0.2, 0) is 11.1 Å². The second-order valence-corrected chi connectivity index (χ2v) is 3.31. The number of rotatable bonds is 3. The summed E-state index contributed by atoms with van der Waals surface area (Å²) in [6, 6.07) is 5.86. The molecule has 0 saturated carbocycles. The van der Waals surface area contributed by atoms with Gasteiger partial charge in [-0.1, -0.05) is 30.8 Å². The van der Waals surface area contributed by atoms with Crippen molar-refractivity contribution >= 4 is 13.2 Å². The van der Waals surface area contributed by atoms with Crippen LogP contribution in [0.2, 0.25) is 6.82 Å². The first kappa shape index (κ1) is 10.8. The fourth-order valence-corrected chi connectivity index (χ4v) is 1.34. The van der Waals surface area contributed by atoms with Crippen LogP contribution in [0.3, 0.4) is 0 Å². The number of esters is 1. The number of ether oxygens (including phenoxy) is 1. The Labute approximate surface area is 85.5 Å². The topological polar surface area (TPSA) is 26.3 Å². The minimum atomic E-state index is -0.275. The van der Waals surface area contributed by atoms with Crippen LogP contribution in [0.4, 0.5) is 0 Å². The molecule has 0 amide bonds. The summed E-state index contributed by atoms with van der Waals surface area (Å²) in [6.45, 7) is 5.37. The van der Waals surface area contributed by atoms with Crippen molar-refractivity contribution in [2.45, 2.75) is 27.0 Å². The van der Waals surface area contributed by atoms with Crippen LogP contribution < -0.4 is 4.74 Å². The first-order chi connectivity index (χ1) is 6.63. The van der Waals surface area contributed by atoms with E-state index < -0.39 is 0 Å². The van der Waals surface area contributed by atoms with Gasteiger partial charge in [0.1, 0.15) is 13.0 Å². The highest BCUT2D eigenvalue weighted by Gasteiger charge is 2.03. The first-order valence-corrected chi connectivity index (χ1v) is 4.69. The van der Waals surface area contributed by atoms with Gasteiger partial charge in [0, 0.05) is 6.92 Å². The first-order valence-electron chi connectivity index (χ1n) is 4.69. The van der Waals surface area contributed by atoms with E-state index in [1.807, 2.05) is 31.9 Å². The van der Waals surface area contributed by atoms with E-state index in [-0.39, 0.29) is 5.97 Å². The van der Waals surface area contributed by atoms with E-state index >= 15 is 0 Å². The molecule has 0 heterocycles. The van der Waals surface area contributed by atoms with E-state index in [1.54, 1.807) is 0 Å². The van der Waals surface area contributed by atoms with Crippen LogP contribution >= 0.6 is 0 Å². The second-order valence-electron chi connectivity index (χ2n) is 3.31. The van der Waals surface area contributed by atoms with Gasteiger partial charge in [0.25, 0.3) is 0 Å². The molecule has 0 fully saturated rings. The summed E-state index contributed by atoms with van der Waals surface area (Å²) in [5.74, 6) is 0.375. The fourth-order valence-electron chi connectivity index (χ4n) is 1.34. The maximum atomic E-state index is 10.7. The molecule has 0 atom stereocenters. The lowest BCUT2D eigenvalue weighted by Gasteiger charge is -2.06. The summed E-state index contributed by atoms with van der Waals surface area (Å²) in [5.41, 5.74) is 2.24. The third-order valence-corrected chi connectivity index (χ3v) is 1.93. The Balaban J connectivity index is 2.84. The standard InChI is InChI=1S/C11H14BO2/c1-8-6-10(7-12-3)4-5-11(8)14-9(2)13/h4-6H,7H2,1-3H3. The molecule has 1 rings (SSSR count). The number of aryl methyl sites for hydroxylation is 1. The van der Waals surface area contributed by atoms with Gasteiger partial charge in [-0.15, -0.1) is 0 Å². The van der Waals surface area contributed by atoms with Crippen molar-refractivity contribution < 1.29 is 9.53 Å². The molecule has 0 bridgehead atoms. The summed E-state index contributed by atoms with van der Waals surface area (Å²) in [5, 5.41) is 0. The molecule has 0 N–H and O–H groups in total. The van der Waals surface area contributed by atoms with Crippen LogP contribution in [0.25, 0.3) is 0 Å². The van der Waals surface area contributed by atoms with Crippen LogP contribution in [0.5, 0.6) is 5.75 Å². The van der Waals surface area contributed by atoms with Gasteiger partial charge in [0.15, 0.2) is 0 Å². The highest BCUT2D eigenvalue weighted by molar-refractivity contribution is 6.32. The molecule has 0 saturated heterocycles. The summed E-state index contributed by atoms with van der Waals surface area (Å²) >= 11 is 0. The molecule has 0 spiro atoms. The average molecular weight is 189 g/mol. The smallest absolute Gasteiger partial charge is 0.308 e. The number of carbonyl (C=O) groups excluding carboxylic acids is 1. The lowest BCUT2D eigenvalue weighted by Crippen LogP contribution is -2.03. The van der Waals surface area contributed by atoms with Gasteiger partial charge in [-0.05, 0) is 18.6 Å². The number of carbonyl (C=O) groups is 1. The summed E-state index contributed by atoms with van der Waals surface area (Å²) in [7, 11) is 2.10. The summed E-state index contributed by atoms with van der Waals surface area (Å²) < 4.78 is 5.03. The molecular formula is C11H14BO2.